The number of hydrogen-bond donors (Lipinski definition) is 1. The molecule has 0 bridgehead atoms. The summed E-state index contributed by atoms with van der Waals surface area (Å²) in [4.78, 5) is 17.6. The molecule has 3 aromatic rings. The molecule has 0 saturated carbocycles. The highest BCUT2D eigenvalue weighted by Gasteiger charge is 2.19. The second-order valence-corrected chi connectivity index (χ2v) is 5.73. The Morgan fingerprint density at radius 3 is 2.88 bits per heavy atom. The summed E-state index contributed by atoms with van der Waals surface area (Å²) in [5, 5.41) is 2.95. The van der Waals surface area contributed by atoms with Gasteiger partial charge in [-0.3, -0.25) is 9.20 Å². The maximum absolute atomic E-state index is 12.9. The van der Waals surface area contributed by atoms with E-state index in [1.807, 2.05) is 47.9 Å². The van der Waals surface area contributed by atoms with Gasteiger partial charge < -0.3 is 10.1 Å². The molecule has 0 unspecified atom stereocenters. The Morgan fingerprint density at radius 1 is 1.29 bits per heavy atom. The zero-order valence-corrected chi connectivity index (χ0v) is 14.2. The molecular weight excluding hydrogens is 302 g/mol. The van der Waals surface area contributed by atoms with Crippen molar-refractivity contribution in [1.29, 1.82) is 0 Å². The molecular formula is C19H21N3O2. The molecule has 0 radical (unpaired) electrons. The number of carbonyl (C=O) groups is 1. The fourth-order valence-corrected chi connectivity index (χ4v) is 2.79. The van der Waals surface area contributed by atoms with Gasteiger partial charge in [-0.2, -0.15) is 0 Å². The maximum atomic E-state index is 12.9. The summed E-state index contributed by atoms with van der Waals surface area (Å²) >= 11 is 0. The molecule has 0 spiro atoms. The number of anilines is 1. The summed E-state index contributed by atoms with van der Waals surface area (Å²) in [6, 6.07) is 11.3. The van der Waals surface area contributed by atoms with Crippen LogP contribution in [0.4, 0.5) is 5.69 Å². The van der Waals surface area contributed by atoms with Gasteiger partial charge in [0.15, 0.2) is 0 Å². The lowest BCUT2D eigenvalue weighted by molar-refractivity contribution is 0.102. The van der Waals surface area contributed by atoms with E-state index in [9.17, 15) is 4.79 Å². The summed E-state index contributed by atoms with van der Waals surface area (Å²) in [6.45, 7) is 4.09. The second kappa shape index (κ2) is 6.74. The van der Waals surface area contributed by atoms with Gasteiger partial charge in [-0.05, 0) is 37.1 Å². The number of ether oxygens (including phenoxy) is 1. The molecule has 0 aliphatic heterocycles. The molecule has 2 aromatic heterocycles. The topological polar surface area (TPSA) is 55.6 Å². The van der Waals surface area contributed by atoms with Crippen LogP contribution in [0.25, 0.3) is 5.65 Å². The molecule has 0 atom stereocenters. The molecule has 24 heavy (non-hydrogen) atoms. The number of aromatic nitrogens is 2. The highest BCUT2D eigenvalue weighted by molar-refractivity contribution is 6.04. The Labute approximate surface area is 141 Å². The first-order valence-electron chi connectivity index (χ1n) is 8.06. The van der Waals surface area contributed by atoms with E-state index < -0.39 is 0 Å². The number of amides is 1. The van der Waals surface area contributed by atoms with Gasteiger partial charge in [0.25, 0.3) is 5.91 Å². The molecule has 5 heteroatoms. The number of pyridine rings is 1. The highest BCUT2D eigenvalue weighted by atomic mass is 16.5. The Morgan fingerprint density at radius 2 is 2.12 bits per heavy atom. The Hall–Kier alpha value is -2.82. The fraction of sp³-hybridized carbons (Fsp3) is 0.263. The largest absolute Gasteiger partial charge is 0.497 e. The lowest BCUT2D eigenvalue weighted by Gasteiger charge is -2.08. The molecule has 0 saturated heterocycles. The summed E-state index contributed by atoms with van der Waals surface area (Å²) in [5.74, 6) is 0.542. The quantitative estimate of drug-likeness (QED) is 0.776. The van der Waals surface area contributed by atoms with Crippen molar-refractivity contribution >= 4 is 17.2 Å². The van der Waals surface area contributed by atoms with Gasteiger partial charge in [-0.15, -0.1) is 0 Å². The number of rotatable bonds is 5. The molecule has 3 rings (SSSR count). The minimum atomic E-state index is -0.162. The van der Waals surface area contributed by atoms with Gasteiger partial charge in [-0.1, -0.05) is 25.5 Å². The summed E-state index contributed by atoms with van der Waals surface area (Å²) < 4.78 is 7.08. The van der Waals surface area contributed by atoms with E-state index in [0.717, 1.165) is 29.7 Å². The van der Waals surface area contributed by atoms with Crippen molar-refractivity contribution in [1.82, 2.24) is 9.38 Å². The first-order valence-corrected chi connectivity index (χ1v) is 8.06. The molecule has 124 valence electrons. The van der Waals surface area contributed by atoms with Crippen LogP contribution < -0.4 is 10.1 Å². The van der Waals surface area contributed by atoms with E-state index in [0.29, 0.717) is 17.1 Å². The fourth-order valence-electron chi connectivity index (χ4n) is 2.79. The van der Waals surface area contributed by atoms with Crippen LogP contribution in [0.15, 0.2) is 42.6 Å². The first-order chi connectivity index (χ1) is 11.6. The first kappa shape index (κ1) is 16.1. The normalized spacial score (nSPS) is 10.8. The standard InChI is InChI=1S/C19H21N3O2/c1-4-7-16-17(22-11-6-8-13(2)18(22)21-16)19(23)20-14-9-5-10-15(12-14)24-3/h5-6,8-12H,4,7H2,1-3H3,(H,20,23). The zero-order valence-electron chi connectivity index (χ0n) is 14.2. The van der Waals surface area contributed by atoms with Gasteiger partial charge >= 0.3 is 0 Å². The van der Waals surface area contributed by atoms with Crippen molar-refractivity contribution in [3.63, 3.8) is 0 Å². The zero-order chi connectivity index (χ0) is 17.1. The summed E-state index contributed by atoms with van der Waals surface area (Å²) in [5.41, 5.74) is 4.00. The third kappa shape index (κ3) is 2.97. The predicted molar refractivity (Wildman–Crippen MR) is 94.9 cm³/mol. The Kier molecular flexibility index (Phi) is 4.51. The number of carbonyl (C=O) groups excluding carboxylic acids is 1. The number of nitrogens with one attached hydrogen (secondary N) is 1. The van der Waals surface area contributed by atoms with Gasteiger partial charge in [0, 0.05) is 18.0 Å². The number of aryl methyl sites for hydroxylation is 2. The predicted octanol–water partition coefficient (Wildman–Crippen LogP) is 3.86. The number of methoxy groups -OCH3 is 1. The smallest absolute Gasteiger partial charge is 0.274 e. The lowest BCUT2D eigenvalue weighted by Crippen LogP contribution is -2.16. The van der Waals surface area contributed by atoms with Gasteiger partial charge in [0.05, 0.1) is 12.8 Å². The van der Waals surface area contributed by atoms with Crippen LogP contribution in [0, 0.1) is 6.92 Å². The van der Waals surface area contributed by atoms with Crippen LogP contribution in [0.1, 0.15) is 35.1 Å². The third-order valence-electron chi connectivity index (χ3n) is 3.95. The van der Waals surface area contributed by atoms with Crippen LogP contribution in [0.5, 0.6) is 5.75 Å². The lowest BCUT2D eigenvalue weighted by atomic mass is 10.2. The van der Waals surface area contributed by atoms with Crippen molar-refractivity contribution in [2.45, 2.75) is 26.7 Å². The minimum absolute atomic E-state index is 0.162. The number of imidazole rings is 1. The van der Waals surface area contributed by atoms with Crippen molar-refractivity contribution in [3.8, 4) is 5.75 Å². The van der Waals surface area contributed by atoms with Crippen molar-refractivity contribution in [2.24, 2.45) is 0 Å². The second-order valence-electron chi connectivity index (χ2n) is 5.73. The molecule has 0 fully saturated rings. The van der Waals surface area contributed by atoms with E-state index in [4.69, 9.17) is 4.74 Å². The van der Waals surface area contributed by atoms with E-state index >= 15 is 0 Å². The maximum Gasteiger partial charge on any atom is 0.274 e. The number of fused-ring (bicyclic) bond motifs is 1. The molecule has 2 heterocycles. The highest BCUT2D eigenvalue weighted by Crippen LogP contribution is 2.21. The number of benzene rings is 1. The van der Waals surface area contributed by atoms with E-state index in [1.165, 1.54) is 0 Å². The van der Waals surface area contributed by atoms with E-state index in [2.05, 4.69) is 17.2 Å². The SMILES string of the molecule is CCCc1nc2c(C)cccn2c1C(=O)Nc1cccc(OC)c1. The van der Waals surface area contributed by atoms with Crippen LogP contribution in [-0.4, -0.2) is 22.4 Å². The van der Waals surface area contributed by atoms with Crippen LogP contribution >= 0.6 is 0 Å². The van der Waals surface area contributed by atoms with E-state index in [-0.39, 0.29) is 5.91 Å². The summed E-state index contributed by atoms with van der Waals surface area (Å²) in [7, 11) is 1.60. The molecule has 0 aliphatic carbocycles. The van der Waals surface area contributed by atoms with Crippen molar-refractivity contribution in [2.75, 3.05) is 12.4 Å². The molecule has 5 nitrogen and oxygen atoms in total. The van der Waals surface area contributed by atoms with Crippen molar-refractivity contribution < 1.29 is 9.53 Å². The molecule has 1 N–H and O–H groups in total. The van der Waals surface area contributed by atoms with E-state index in [1.54, 1.807) is 13.2 Å². The van der Waals surface area contributed by atoms with Crippen molar-refractivity contribution in [3.05, 3.63) is 59.5 Å². The molecule has 0 aliphatic rings. The van der Waals surface area contributed by atoms with Crippen LogP contribution in [0.3, 0.4) is 0 Å². The monoisotopic (exact) mass is 323 g/mol. The van der Waals surface area contributed by atoms with Gasteiger partial charge in [-0.25, -0.2) is 4.98 Å². The average Bonchev–Trinajstić information content (AvgIpc) is 2.95. The van der Waals surface area contributed by atoms with Crippen LogP contribution in [-0.2, 0) is 6.42 Å². The van der Waals surface area contributed by atoms with Crippen LogP contribution in [0.2, 0.25) is 0 Å². The summed E-state index contributed by atoms with van der Waals surface area (Å²) in [6.07, 6.45) is 3.58. The molecule has 1 amide bonds. The third-order valence-corrected chi connectivity index (χ3v) is 3.95. The Bertz CT molecular complexity index is 883. The van der Waals surface area contributed by atoms with Gasteiger partial charge in [0.2, 0.25) is 0 Å². The minimum Gasteiger partial charge on any atom is -0.497 e. The molecule has 1 aromatic carbocycles. The number of hydrogen-bond acceptors (Lipinski definition) is 3. The van der Waals surface area contributed by atoms with Gasteiger partial charge in [0.1, 0.15) is 17.1 Å². The Balaban J connectivity index is 2.02. The average molecular weight is 323 g/mol. The number of nitrogens with zero attached hydrogens (tertiary/aromatic N) is 2.